The third-order valence-electron chi connectivity index (χ3n) is 8.80. The van der Waals surface area contributed by atoms with Crippen LogP contribution in [0.15, 0.2) is 35.9 Å². The normalized spacial score (nSPS) is 19.7. The lowest BCUT2D eigenvalue weighted by Crippen LogP contribution is -2.48. The molecule has 254 valence electrons. The second-order valence-electron chi connectivity index (χ2n) is 12.4. The number of anilines is 1. The number of hydrogen-bond acceptors (Lipinski definition) is 8. The number of aliphatic hydroxyl groups excluding tert-OH is 2. The lowest BCUT2D eigenvalue weighted by molar-refractivity contribution is -0.111. The topological polar surface area (TPSA) is 131 Å². The van der Waals surface area contributed by atoms with Crippen LogP contribution in [0.1, 0.15) is 45.6 Å². The van der Waals surface area contributed by atoms with Gasteiger partial charge in [0.2, 0.25) is 0 Å². The van der Waals surface area contributed by atoms with Crippen molar-refractivity contribution in [3.05, 3.63) is 47.3 Å². The quantitative estimate of drug-likeness (QED) is 0.206. The minimum atomic E-state index is -0.768. The Morgan fingerprint density at radius 2 is 1.76 bits per heavy atom. The molecule has 0 radical (unpaired) electrons. The third kappa shape index (κ3) is 10.5. The summed E-state index contributed by atoms with van der Waals surface area (Å²) in [6, 6.07) is 4.03. The third-order valence-corrected chi connectivity index (χ3v) is 8.80. The molecule has 2 saturated heterocycles. The molecular formula is C34H49FN4O7. The second-order valence-corrected chi connectivity index (χ2v) is 12.4. The monoisotopic (exact) mass is 644 g/mol. The summed E-state index contributed by atoms with van der Waals surface area (Å²) in [4.78, 5) is 55.7. The first-order valence-electron chi connectivity index (χ1n) is 16.0. The SMILES string of the molecule is C/C(=C\c1cc(F)cc(N2CCN(CCO)C2=O)c1)[C@@H](C=O)[C@@H](C)/C=C/[C@H](OC(=O)N1CCN(C)CC1)[C@@H](C)CC[C@@H](O)CC=O. The van der Waals surface area contributed by atoms with Crippen molar-refractivity contribution in [2.45, 2.75) is 52.2 Å². The minimum Gasteiger partial charge on any atom is -0.442 e. The number of likely N-dealkylation sites (N-methyl/N-ethyl adjacent to an activating group) is 1. The molecule has 2 aliphatic heterocycles. The first-order valence-corrected chi connectivity index (χ1v) is 16.0. The Bertz CT molecular complexity index is 1250. The highest BCUT2D eigenvalue weighted by Gasteiger charge is 2.30. The second kappa shape index (κ2) is 17.9. The molecule has 1 aromatic rings. The highest BCUT2D eigenvalue weighted by molar-refractivity contribution is 5.94. The van der Waals surface area contributed by atoms with Crippen LogP contribution in [0.5, 0.6) is 0 Å². The van der Waals surface area contributed by atoms with Crippen LogP contribution in [0.25, 0.3) is 6.08 Å². The maximum atomic E-state index is 14.7. The number of hydrogen-bond donors (Lipinski definition) is 2. The van der Waals surface area contributed by atoms with Gasteiger partial charge in [0.05, 0.1) is 12.7 Å². The summed E-state index contributed by atoms with van der Waals surface area (Å²) in [6.45, 7) is 9.05. The Morgan fingerprint density at radius 3 is 2.41 bits per heavy atom. The standard InChI is InChI=1S/C34H49FN4O7/c1-24(6-8-32(25(2)5-7-30(43)9-17-40)46-34(45)38-12-10-36(4)11-13-38)31(23-42)26(3)19-27-20-28(35)22-29(21-27)39-15-14-37(16-18-41)33(39)44/h6,8,17,19-25,30-32,41,43H,5,7,9-16,18H2,1-4H3/b8-6+,26-19+/t24-,25-,30+,31-,32-/m0/s1. The number of carbonyl (C=O) groups excluding carboxylic acids is 4. The van der Waals surface area contributed by atoms with Gasteiger partial charge in [-0.3, -0.25) is 4.90 Å². The number of nitrogens with zero attached hydrogens (tertiary/aromatic N) is 4. The predicted molar refractivity (Wildman–Crippen MR) is 174 cm³/mol. The van der Waals surface area contributed by atoms with Gasteiger partial charge in [-0.1, -0.05) is 31.6 Å². The Balaban J connectivity index is 1.76. The van der Waals surface area contributed by atoms with Crippen molar-refractivity contribution in [1.82, 2.24) is 14.7 Å². The number of β-amino-alcohol motifs (C(OH)–C–C–N with tert-alkyl or cyclic N) is 1. The number of aldehydes is 2. The van der Waals surface area contributed by atoms with E-state index in [1.807, 2.05) is 27.0 Å². The maximum absolute atomic E-state index is 14.7. The van der Waals surface area contributed by atoms with Crippen molar-refractivity contribution < 1.29 is 38.5 Å². The van der Waals surface area contributed by atoms with Gasteiger partial charge in [0, 0.05) is 63.8 Å². The number of halogens is 1. The van der Waals surface area contributed by atoms with Gasteiger partial charge >= 0.3 is 12.1 Å². The number of carbonyl (C=O) groups is 4. The Labute approximate surface area is 271 Å². The molecular weight excluding hydrogens is 595 g/mol. The summed E-state index contributed by atoms with van der Waals surface area (Å²) >= 11 is 0. The van der Waals surface area contributed by atoms with Crippen LogP contribution >= 0.6 is 0 Å². The van der Waals surface area contributed by atoms with Crippen LogP contribution in [-0.4, -0.2) is 121 Å². The fourth-order valence-corrected chi connectivity index (χ4v) is 5.77. The fraction of sp³-hybridized carbons (Fsp3) is 0.588. The predicted octanol–water partition coefficient (Wildman–Crippen LogP) is 3.59. The molecule has 11 nitrogen and oxygen atoms in total. The number of rotatable bonds is 16. The number of piperazine rings is 1. The molecule has 0 aliphatic carbocycles. The zero-order chi connectivity index (χ0) is 33.8. The van der Waals surface area contributed by atoms with Gasteiger partial charge in [-0.15, -0.1) is 0 Å². The maximum Gasteiger partial charge on any atom is 0.410 e. The van der Waals surface area contributed by atoms with Crippen LogP contribution in [0.2, 0.25) is 0 Å². The van der Waals surface area contributed by atoms with Crippen LogP contribution in [0.4, 0.5) is 19.7 Å². The summed E-state index contributed by atoms with van der Waals surface area (Å²) in [7, 11) is 2.00. The van der Waals surface area contributed by atoms with Crippen LogP contribution in [0.3, 0.4) is 0 Å². The highest BCUT2D eigenvalue weighted by atomic mass is 19.1. The zero-order valence-electron chi connectivity index (χ0n) is 27.4. The lowest BCUT2D eigenvalue weighted by Gasteiger charge is -2.33. The van der Waals surface area contributed by atoms with E-state index in [9.17, 15) is 33.8 Å². The molecule has 5 atom stereocenters. The van der Waals surface area contributed by atoms with Crippen molar-refractivity contribution >= 4 is 36.5 Å². The first-order chi connectivity index (χ1) is 22.0. The van der Waals surface area contributed by atoms with Crippen molar-refractivity contribution in [3.8, 4) is 0 Å². The van der Waals surface area contributed by atoms with Crippen LogP contribution in [-0.2, 0) is 14.3 Å². The van der Waals surface area contributed by atoms with Gasteiger partial charge in [-0.2, -0.15) is 0 Å². The summed E-state index contributed by atoms with van der Waals surface area (Å²) < 4.78 is 20.6. The van der Waals surface area contributed by atoms with E-state index in [1.165, 1.54) is 21.9 Å². The molecule has 2 aliphatic rings. The largest absolute Gasteiger partial charge is 0.442 e. The minimum absolute atomic E-state index is 0.0429. The molecule has 2 N–H and O–H groups in total. The molecule has 1 aromatic carbocycles. The van der Waals surface area contributed by atoms with E-state index in [2.05, 4.69) is 4.90 Å². The molecule has 0 saturated carbocycles. The molecule has 3 amide bonds. The molecule has 0 bridgehead atoms. The molecule has 0 aromatic heterocycles. The summed E-state index contributed by atoms with van der Waals surface area (Å²) in [5.74, 6) is -1.54. The van der Waals surface area contributed by atoms with E-state index in [-0.39, 0.29) is 37.4 Å². The van der Waals surface area contributed by atoms with Gasteiger partial charge in [-0.05, 0) is 68.5 Å². The molecule has 46 heavy (non-hydrogen) atoms. The van der Waals surface area contributed by atoms with Gasteiger partial charge < -0.3 is 39.2 Å². The molecule has 3 rings (SSSR count). The smallest absolute Gasteiger partial charge is 0.410 e. The van der Waals surface area contributed by atoms with Crippen molar-refractivity contribution in [1.29, 1.82) is 0 Å². The number of allylic oxidation sites excluding steroid dienone is 2. The first kappa shape index (κ1) is 36.9. The molecule has 2 fully saturated rings. The van der Waals surface area contributed by atoms with E-state index in [4.69, 9.17) is 4.74 Å². The molecule has 2 heterocycles. The summed E-state index contributed by atoms with van der Waals surface area (Å²) in [5, 5.41) is 19.3. The van der Waals surface area contributed by atoms with Gasteiger partial charge in [0.25, 0.3) is 0 Å². The fourth-order valence-electron chi connectivity index (χ4n) is 5.77. The number of urea groups is 1. The number of ether oxygens (including phenoxy) is 1. The van der Waals surface area contributed by atoms with E-state index < -0.39 is 30.0 Å². The average Bonchev–Trinajstić information content (AvgIpc) is 3.38. The highest BCUT2D eigenvalue weighted by Crippen LogP contribution is 2.28. The molecule has 0 unspecified atom stereocenters. The van der Waals surface area contributed by atoms with E-state index in [0.29, 0.717) is 62.1 Å². The van der Waals surface area contributed by atoms with Crippen molar-refractivity contribution in [3.63, 3.8) is 0 Å². The molecule has 0 spiro atoms. The van der Waals surface area contributed by atoms with Crippen LogP contribution < -0.4 is 4.90 Å². The zero-order valence-corrected chi connectivity index (χ0v) is 27.4. The van der Waals surface area contributed by atoms with Crippen LogP contribution in [0, 0.1) is 23.6 Å². The number of amides is 3. The van der Waals surface area contributed by atoms with E-state index in [1.54, 1.807) is 30.0 Å². The van der Waals surface area contributed by atoms with Gasteiger partial charge in [-0.25, -0.2) is 14.0 Å². The molecule has 12 heteroatoms. The summed E-state index contributed by atoms with van der Waals surface area (Å²) in [6.07, 6.45) is 6.00. The van der Waals surface area contributed by atoms with Crippen molar-refractivity contribution in [2.24, 2.45) is 17.8 Å². The van der Waals surface area contributed by atoms with Gasteiger partial charge in [0.1, 0.15) is 24.5 Å². The van der Waals surface area contributed by atoms with E-state index >= 15 is 0 Å². The summed E-state index contributed by atoms with van der Waals surface area (Å²) in [5.41, 5.74) is 1.59. The average molecular weight is 645 g/mol. The lowest BCUT2D eigenvalue weighted by atomic mass is 9.86. The number of benzene rings is 1. The Kier molecular flexibility index (Phi) is 14.4. The van der Waals surface area contributed by atoms with Crippen molar-refractivity contribution in [2.75, 3.05) is 64.4 Å². The van der Waals surface area contributed by atoms with E-state index in [0.717, 1.165) is 19.4 Å². The van der Waals surface area contributed by atoms with Gasteiger partial charge in [0.15, 0.2) is 0 Å². The Hall–Kier alpha value is -3.61. The number of aliphatic hydroxyl groups is 2. The Morgan fingerprint density at radius 1 is 1.04 bits per heavy atom.